The highest BCUT2D eigenvalue weighted by molar-refractivity contribution is 9.10. The maximum atomic E-state index is 5.96. The van der Waals surface area contributed by atoms with Crippen LogP contribution in [0.15, 0.2) is 16.6 Å². The van der Waals surface area contributed by atoms with Gasteiger partial charge in [-0.1, -0.05) is 15.9 Å². The number of fused-ring (bicyclic) bond motifs is 1. The molecule has 0 radical (unpaired) electrons. The zero-order valence-corrected chi connectivity index (χ0v) is 11.7. The normalized spacial score (nSPS) is 26.9. The minimum atomic E-state index is 0.333. The van der Waals surface area contributed by atoms with Crippen molar-refractivity contribution in [1.29, 1.82) is 0 Å². The summed E-state index contributed by atoms with van der Waals surface area (Å²) in [6.45, 7) is 4.46. The van der Waals surface area contributed by atoms with Gasteiger partial charge >= 0.3 is 0 Å². The molecule has 1 fully saturated rings. The molecule has 1 aromatic carbocycles. The molecule has 0 aliphatic carbocycles. The van der Waals surface area contributed by atoms with E-state index in [0.29, 0.717) is 6.10 Å². The van der Waals surface area contributed by atoms with Crippen LogP contribution < -0.4 is 10.1 Å². The number of hydrogen-bond donors (Lipinski definition) is 1. The second kappa shape index (κ2) is 4.62. The molecule has 0 amide bonds. The van der Waals surface area contributed by atoms with Crippen LogP contribution in [0.25, 0.3) is 0 Å². The smallest absolute Gasteiger partial charge is 0.126 e. The summed E-state index contributed by atoms with van der Waals surface area (Å²) in [6.07, 6.45) is 3.81. The molecule has 2 nitrogen and oxygen atoms in total. The Morgan fingerprint density at radius 2 is 2.35 bits per heavy atom. The SMILES string of the molecule is CC1Cc2cc(Br)cc(CC3CCNC3)c2O1. The van der Waals surface area contributed by atoms with E-state index in [1.165, 1.54) is 22.0 Å². The van der Waals surface area contributed by atoms with Crippen molar-refractivity contribution in [3.8, 4) is 5.75 Å². The standard InChI is InChI=1S/C14H18BrNO/c1-9-4-11-6-13(15)7-12(14(11)17-9)5-10-2-3-16-8-10/h6-7,9-10,16H,2-5,8H2,1H3. The summed E-state index contributed by atoms with van der Waals surface area (Å²) in [5, 5.41) is 3.43. The third kappa shape index (κ3) is 2.36. The lowest BCUT2D eigenvalue weighted by Gasteiger charge is -2.13. The molecular weight excluding hydrogens is 278 g/mol. The number of nitrogens with one attached hydrogen (secondary N) is 1. The Morgan fingerprint density at radius 3 is 3.12 bits per heavy atom. The molecule has 0 spiro atoms. The summed E-state index contributed by atoms with van der Waals surface area (Å²) < 4.78 is 7.15. The number of hydrogen-bond acceptors (Lipinski definition) is 2. The van der Waals surface area contributed by atoms with Gasteiger partial charge in [0.1, 0.15) is 11.9 Å². The highest BCUT2D eigenvalue weighted by atomic mass is 79.9. The molecule has 1 saturated heterocycles. The lowest BCUT2D eigenvalue weighted by molar-refractivity contribution is 0.252. The summed E-state index contributed by atoms with van der Waals surface area (Å²) in [5.74, 6) is 1.93. The molecule has 0 aromatic heterocycles. The Morgan fingerprint density at radius 1 is 1.47 bits per heavy atom. The number of rotatable bonds is 2. The summed E-state index contributed by atoms with van der Waals surface area (Å²) in [5.41, 5.74) is 2.75. The Kier molecular flexibility index (Phi) is 3.14. The van der Waals surface area contributed by atoms with E-state index in [1.807, 2.05) is 0 Å². The predicted octanol–water partition coefficient (Wildman–Crippen LogP) is 2.92. The fourth-order valence-electron chi connectivity index (χ4n) is 2.92. The molecule has 2 aliphatic rings. The summed E-state index contributed by atoms with van der Waals surface area (Å²) >= 11 is 3.61. The largest absolute Gasteiger partial charge is 0.490 e. The highest BCUT2D eigenvalue weighted by Gasteiger charge is 2.25. The Labute approximate surface area is 111 Å². The van der Waals surface area contributed by atoms with E-state index in [4.69, 9.17) is 4.74 Å². The van der Waals surface area contributed by atoms with Gasteiger partial charge in [0.15, 0.2) is 0 Å². The molecule has 2 atom stereocenters. The summed E-state index contributed by atoms with van der Waals surface area (Å²) in [6, 6.07) is 4.43. The van der Waals surface area contributed by atoms with Crippen molar-refractivity contribution in [2.75, 3.05) is 13.1 Å². The van der Waals surface area contributed by atoms with E-state index in [1.54, 1.807) is 0 Å². The molecule has 0 saturated carbocycles. The maximum absolute atomic E-state index is 5.96. The quantitative estimate of drug-likeness (QED) is 0.906. The van der Waals surface area contributed by atoms with Crippen molar-refractivity contribution in [2.45, 2.75) is 32.3 Å². The first-order chi connectivity index (χ1) is 8.22. The summed E-state index contributed by atoms with van der Waals surface area (Å²) in [7, 11) is 0. The molecule has 0 bridgehead atoms. The highest BCUT2D eigenvalue weighted by Crippen LogP contribution is 2.37. The minimum Gasteiger partial charge on any atom is -0.490 e. The van der Waals surface area contributed by atoms with E-state index < -0.39 is 0 Å². The first-order valence-electron chi connectivity index (χ1n) is 6.41. The molecule has 1 N–H and O–H groups in total. The third-order valence-electron chi connectivity index (χ3n) is 3.70. The van der Waals surface area contributed by atoms with Gasteiger partial charge in [0.25, 0.3) is 0 Å². The second-order valence-electron chi connectivity index (χ2n) is 5.25. The third-order valence-corrected chi connectivity index (χ3v) is 4.16. The van der Waals surface area contributed by atoms with Gasteiger partial charge in [-0.2, -0.15) is 0 Å². The molecule has 2 unspecified atom stereocenters. The van der Waals surface area contributed by atoms with Crippen LogP contribution in [-0.2, 0) is 12.8 Å². The van der Waals surface area contributed by atoms with Crippen LogP contribution in [0.3, 0.4) is 0 Å². The van der Waals surface area contributed by atoms with Gasteiger partial charge in [-0.05, 0) is 62.0 Å². The fraction of sp³-hybridized carbons (Fsp3) is 0.571. The Bertz CT molecular complexity index is 426. The minimum absolute atomic E-state index is 0.333. The first-order valence-corrected chi connectivity index (χ1v) is 7.20. The molecule has 17 heavy (non-hydrogen) atoms. The zero-order valence-electron chi connectivity index (χ0n) is 10.1. The van der Waals surface area contributed by atoms with Crippen molar-refractivity contribution in [3.63, 3.8) is 0 Å². The topological polar surface area (TPSA) is 21.3 Å². The van der Waals surface area contributed by atoms with E-state index in [-0.39, 0.29) is 0 Å². The van der Waals surface area contributed by atoms with Crippen LogP contribution in [0.2, 0.25) is 0 Å². The van der Waals surface area contributed by atoms with Crippen molar-refractivity contribution in [3.05, 3.63) is 27.7 Å². The number of benzene rings is 1. The van der Waals surface area contributed by atoms with Crippen LogP contribution in [-0.4, -0.2) is 19.2 Å². The lowest BCUT2D eigenvalue weighted by atomic mass is 9.96. The van der Waals surface area contributed by atoms with Gasteiger partial charge < -0.3 is 10.1 Å². The molecule has 2 aliphatic heterocycles. The Hall–Kier alpha value is -0.540. The van der Waals surface area contributed by atoms with Gasteiger partial charge in [0.2, 0.25) is 0 Å². The molecule has 92 valence electrons. The van der Waals surface area contributed by atoms with Gasteiger partial charge in [0.05, 0.1) is 0 Å². The van der Waals surface area contributed by atoms with Crippen molar-refractivity contribution < 1.29 is 4.74 Å². The van der Waals surface area contributed by atoms with Gasteiger partial charge in [-0.15, -0.1) is 0 Å². The van der Waals surface area contributed by atoms with Gasteiger partial charge in [-0.25, -0.2) is 0 Å². The maximum Gasteiger partial charge on any atom is 0.126 e. The van der Waals surface area contributed by atoms with E-state index >= 15 is 0 Å². The molecular formula is C14H18BrNO. The van der Waals surface area contributed by atoms with E-state index in [2.05, 4.69) is 40.3 Å². The van der Waals surface area contributed by atoms with Crippen molar-refractivity contribution in [2.24, 2.45) is 5.92 Å². The van der Waals surface area contributed by atoms with Crippen LogP contribution in [0, 0.1) is 5.92 Å². The molecule has 3 heteroatoms. The van der Waals surface area contributed by atoms with E-state index in [0.717, 1.165) is 37.6 Å². The Balaban J connectivity index is 1.88. The van der Waals surface area contributed by atoms with Gasteiger partial charge in [0, 0.05) is 10.9 Å². The average molecular weight is 296 g/mol. The van der Waals surface area contributed by atoms with Crippen LogP contribution in [0.1, 0.15) is 24.5 Å². The number of halogens is 1. The summed E-state index contributed by atoms with van der Waals surface area (Å²) in [4.78, 5) is 0. The predicted molar refractivity (Wildman–Crippen MR) is 72.6 cm³/mol. The molecule has 3 rings (SSSR count). The van der Waals surface area contributed by atoms with Crippen molar-refractivity contribution >= 4 is 15.9 Å². The number of ether oxygens (including phenoxy) is 1. The first kappa shape index (κ1) is 11.5. The lowest BCUT2D eigenvalue weighted by Crippen LogP contribution is -2.11. The average Bonchev–Trinajstić information content (AvgIpc) is 2.86. The monoisotopic (exact) mass is 295 g/mol. The second-order valence-corrected chi connectivity index (χ2v) is 6.16. The van der Waals surface area contributed by atoms with Gasteiger partial charge in [-0.3, -0.25) is 0 Å². The molecule has 1 aromatic rings. The van der Waals surface area contributed by atoms with Crippen LogP contribution >= 0.6 is 15.9 Å². The van der Waals surface area contributed by atoms with Crippen LogP contribution in [0.5, 0.6) is 5.75 Å². The zero-order chi connectivity index (χ0) is 11.8. The van der Waals surface area contributed by atoms with Crippen molar-refractivity contribution in [1.82, 2.24) is 5.32 Å². The van der Waals surface area contributed by atoms with Crippen LogP contribution in [0.4, 0.5) is 0 Å². The fourth-order valence-corrected chi connectivity index (χ4v) is 3.47. The molecule has 2 heterocycles. The van der Waals surface area contributed by atoms with E-state index in [9.17, 15) is 0 Å².